The normalized spacial score (nSPS) is 12.2. The van der Waals surface area contributed by atoms with Gasteiger partial charge in [-0.05, 0) is 29.7 Å². The van der Waals surface area contributed by atoms with E-state index >= 15 is 0 Å². The SMILES string of the molecule is O=C(O)CCc1cn(S(=O)(=O)c2c(-c3ccccc3)cccc2C(F)(F)F)c2ccccc12. The number of hydrogen-bond acceptors (Lipinski definition) is 3. The molecule has 0 atom stereocenters. The Balaban J connectivity index is 2.02. The fraction of sp³-hybridized carbons (Fsp3) is 0.125. The molecule has 5 nitrogen and oxygen atoms in total. The molecule has 0 aliphatic heterocycles. The van der Waals surface area contributed by atoms with Crippen LogP contribution in [0.4, 0.5) is 13.2 Å². The van der Waals surface area contributed by atoms with Crippen molar-refractivity contribution in [2.24, 2.45) is 0 Å². The van der Waals surface area contributed by atoms with Gasteiger partial charge >= 0.3 is 12.1 Å². The maximum atomic E-state index is 14.0. The van der Waals surface area contributed by atoms with Gasteiger partial charge in [0.25, 0.3) is 10.0 Å². The van der Waals surface area contributed by atoms with Crippen molar-refractivity contribution in [2.75, 3.05) is 0 Å². The number of aliphatic carboxylic acids is 1. The van der Waals surface area contributed by atoms with E-state index in [-0.39, 0.29) is 23.9 Å². The van der Waals surface area contributed by atoms with Gasteiger partial charge in [0, 0.05) is 23.6 Å². The second kappa shape index (κ2) is 8.40. The van der Waals surface area contributed by atoms with Gasteiger partial charge < -0.3 is 5.11 Å². The van der Waals surface area contributed by atoms with Crippen molar-refractivity contribution in [3.8, 4) is 11.1 Å². The lowest BCUT2D eigenvalue weighted by Crippen LogP contribution is -2.19. The molecule has 0 saturated carbocycles. The summed E-state index contributed by atoms with van der Waals surface area (Å²) in [6, 6.07) is 17.6. The minimum absolute atomic E-state index is 0.0326. The van der Waals surface area contributed by atoms with Gasteiger partial charge in [-0.15, -0.1) is 0 Å². The molecule has 1 heterocycles. The van der Waals surface area contributed by atoms with Crippen molar-refractivity contribution in [1.29, 1.82) is 0 Å². The first-order valence-electron chi connectivity index (χ1n) is 9.92. The number of rotatable bonds is 6. The average Bonchev–Trinajstić information content (AvgIpc) is 3.17. The smallest absolute Gasteiger partial charge is 0.417 e. The molecule has 9 heteroatoms. The van der Waals surface area contributed by atoms with E-state index in [2.05, 4.69) is 0 Å². The Morgan fingerprint density at radius 3 is 2.24 bits per heavy atom. The summed E-state index contributed by atoms with van der Waals surface area (Å²) in [5.41, 5.74) is -0.426. The molecule has 0 radical (unpaired) electrons. The maximum Gasteiger partial charge on any atom is 0.417 e. The Hall–Kier alpha value is -3.59. The van der Waals surface area contributed by atoms with Gasteiger partial charge in [-0.2, -0.15) is 13.2 Å². The Kier molecular flexibility index (Phi) is 5.75. The van der Waals surface area contributed by atoms with E-state index in [1.165, 1.54) is 24.4 Å². The van der Waals surface area contributed by atoms with Crippen LogP contribution in [0.5, 0.6) is 0 Å². The Morgan fingerprint density at radius 1 is 0.909 bits per heavy atom. The number of para-hydroxylation sites is 1. The molecule has 1 aromatic heterocycles. The molecule has 1 N–H and O–H groups in total. The number of fused-ring (bicyclic) bond motifs is 1. The Labute approximate surface area is 187 Å². The van der Waals surface area contributed by atoms with E-state index in [1.807, 2.05) is 0 Å². The number of aryl methyl sites for hydroxylation is 1. The van der Waals surface area contributed by atoms with Crippen molar-refractivity contribution >= 4 is 26.9 Å². The first-order valence-corrected chi connectivity index (χ1v) is 11.4. The predicted octanol–water partition coefficient (Wildman–Crippen LogP) is 5.58. The molecule has 0 bridgehead atoms. The van der Waals surface area contributed by atoms with Crippen LogP contribution in [0.2, 0.25) is 0 Å². The summed E-state index contributed by atoms with van der Waals surface area (Å²) in [7, 11) is -4.73. The first kappa shape index (κ1) is 22.6. The minimum Gasteiger partial charge on any atom is -0.481 e. The fourth-order valence-electron chi connectivity index (χ4n) is 3.84. The van der Waals surface area contributed by atoms with Gasteiger partial charge in [0.05, 0.1) is 11.1 Å². The third-order valence-corrected chi connectivity index (χ3v) is 7.07. The summed E-state index contributed by atoms with van der Waals surface area (Å²) in [5, 5.41) is 9.50. The largest absolute Gasteiger partial charge is 0.481 e. The number of aromatic nitrogens is 1. The second-order valence-electron chi connectivity index (χ2n) is 7.41. The second-order valence-corrected chi connectivity index (χ2v) is 9.16. The molecular formula is C24H18F3NO4S. The molecule has 0 aliphatic rings. The quantitative estimate of drug-likeness (QED) is 0.397. The zero-order valence-electron chi connectivity index (χ0n) is 17.1. The third kappa shape index (κ3) is 4.23. The van der Waals surface area contributed by atoms with Crippen molar-refractivity contribution in [2.45, 2.75) is 23.9 Å². The number of hydrogen-bond donors (Lipinski definition) is 1. The zero-order chi connectivity index (χ0) is 23.8. The van der Waals surface area contributed by atoms with E-state index in [4.69, 9.17) is 5.11 Å². The molecule has 0 unspecified atom stereocenters. The summed E-state index contributed by atoms with van der Waals surface area (Å²) < 4.78 is 70.4. The van der Waals surface area contributed by atoms with Gasteiger partial charge in [0.2, 0.25) is 0 Å². The molecule has 0 spiro atoms. The molecule has 0 saturated heterocycles. The summed E-state index contributed by atoms with van der Waals surface area (Å²) in [4.78, 5) is 10.2. The number of carboxylic acids is 1. The number of alkyl halides is 3. The van der Waals surface area contributed by atoms with Crippen LogP contribution in [0.3, 0.4) is 0 Å². The topological polar surface area (TPSA) is 76.4 Å². The molecule has 170 valence electrons. The van der Waals surface area contributed by atoms with Crippen LogP contribution >= 0.6 is 0 Å². The summed E-state index contributed by atoms with van der Waals surface area (Å²) in [5.74, 6) is -1.07. The summed E-state index contributed by atoms with van der Waals surface area (Å²) in [6.45, 7) is 0. The van der Waals surface area contributed by atoms with E-state index < -0.39 is 32.6 Å². The van der Waals surface area contributed by atoms with Gasteiger partial charge in [0.1, 0.15) is 4.90 Å². The van der Waals surface area contributed by atoms with Crippen LogP contribution in [0.25, 0.3) is 22.0 Å². The van der Waals surface area contributed by atoms with Crippen LogP contribution in [0, 0.1) is 0 Å². The lowest BCUT2D eigenvalue weighted by molar-refractivity contribution is -0.140. The molecule has 0 aliphatic carbocycles. The molecule has 0 amide bonds. The van der Waals surface area contributed by atoms with Crippen LogP contribution < -0.4 is 0 Å². The first-order chi connectivity index (χ1) is 15.6. The number of benzene rings is 3. The van der Waals surface area contributed by atoms with Crippen molar-refractivity contribution in [3.05, 3.63) is 90.1 Å². The molecular weight excluding hydrogens is 455 g/mol. The number of carbonyl (C=O) groups is 1. The molecule has 0 fully saturated rings. The minimum atomic E-state index is -4.91. The third-order valence-electron chi connectivity index (χ3n) is 5.29. The fourth-order valence-corrected chi connectivity index (χ4v) is 5.65. The van der Waals surface area contributed by atoms with E-state index in [1.54, 1.807) is 48.5 Å². The molecule has 33 heavy (non-hydrogen) atoms. The Morgan fingerprint density at radius 2 is 1.58 bits per heavy atom. The predicted molar refractivity (Wildman–Crippen MR) is 117 cm³/mol. The average molecular weight is 473 g/mol. The highest BCUT2D eigenvalue weighted by atomic mass is 32.2. The van der Waals surface area contributed by atoms with Crippen molar-refractivity contribution < 1.29 is 31.5 Å². The van der Waals surface area contributed by atoms with E-state index in [0.717, 1.165) is 10.0 Å². The standard InChI is InChI=1S/C24H18F3NO4S/c25-24(26,27)20-11-6-10-19(16-7-2-1-3-8-16)23(20)33(31,32)28-15-17(13-14-22(29)30)18-9-4-5-12-21(18)28/h1-12,15H,13-14H2,(H,29,30). The van der Waals surface area contributed by atoms with Gasteiger partial charge in [-0.1, -0.05) is 60.7 Å². The number of nitrogens with zero attached hydrogens (tertiary/aromatic N) is 1. The monoisotopic (exact) mass is 473 g/mol. The van der Waals surface area contributed by atoms with Crippen molar-refractivity contribution in [3.63, 3.8) is 0 Å². The zero-order valence-corrected chi connectivity index (χ0v) is 17.9. The van der Waals surface area contributed by atoms with Gasteiger partial charge in [-0.3, -0.25) is 4.79 Å². The van der Waals surface area contributed by atoms with E-state index in [9.17, 15) is 26.4 Å². The van der Waals surface area contributed by atoms with Crippen LogP contribution in [-0.2, 0) is 27.4 Å². The van der Waals surface area contributed by atoms with Crippen molar-refractivity contribution in [1.82, 2.24) is 3.97 Å². The molecule has 4 rings (SSSR count). The van der Waals surface area contributed by atoms with Crippen LogP contribution in [0.15, 0.2) is 83.9 Å². The Bertz CT molecular complexity index is 1440. The lowest BCUT2D eigenvalue weighted by Gasteiger charge is -2.18. The highest BCUT2D eigenvalue weighted by Gasteiger charge is 2.40. The van der Waals surface area contributed by atoms with Crippen LogP contribution in [0.1, 0.15) is 17.5 Å². The lowest BCUT2D eigenvalue weighted by atomic mass is 10.0. The summed E-state index contributed by atoms with van der Waals surface area (Å²) >= 11 is 0. The van der Waals surface area contributed by atoms with Crippen LogP contribution in [-0.4, -0.2) is 23.5 Å². The number of carboxylic acid groups (broad SMARTS) is 1. The van der Waals surface area contributed by atoms with E-state index in [0.29, 0.717) is 16.5 Å². The van der Waals surface area contributed by atoms with Gasteiger partial charge in [-0.25, -0.2) is 12.4 Å². The maximum absolute atomic E-state index is 14.0. The highest BCUT2D eigenvalue weighted by Crippen LogP contribution is 2.41. The highest BCUT2D eigenvalue weighted by molar-refractivity contribution is 7.90. The van der Waals surface area contributed by atoms with Gasteiger partial charge in [0.15, 0.2) is 0 Å². The summed E-state index contributed by atoms with van der Waals surface area (Å²) in [6.07, 6.45) is -3.92. The molecule has 4 aromatic rings. The molecule has 3 aromatic carbocycles. The number of halogens is 3.